The summed E-state index contributed by atoms with van der Waals surface area (Å²) in [6, 6.07) is 10.6. The first-order valence-electron chi connectivity index (χ1n) is 7.38. The average molecular weight is 323 g/mol. The Balaban J connectivity index is 2.30. The summed E-state index contributed by atoms with van der Waals surface area (Å²) in [5.74, 6) is 0.102. The van der Waals surface area contributed by atoms with Gasteiger partial charge in [0, 0.05) is 5.69 Å². The summed E-state index contributed by atoms with van der Waals surface area (Å²) >= 11 is 0. The molecule has 0 aliphatic carbocycles. The molecule has 0 aliphatic heterocycles. The molecule has 2 nitrogen and oxygen atoms in total. The van der Waals surface area contributed by atoms with Crippen LogP contribution in [0.4, 0.5) is 18.9 Å². The second kappa shape index (κ2) is 6.14. The highest BCUT2D eigenvalue weighted by Crippen LogP contribution is 2.39. The molecule has 0 heterocycles. The number of halogens is 3. The molecule has 0 bridgehead atoms. The Kier molecular flexibility index (Phi) is 4.59. The van der Waals surface area contributed by atoms with Gasteiger partial charge in [-0.1, -0.05) is 32.9 Å². The van der Waals surface area contributed by atoms with Crippen molar-refractivity contribution >= 4 is 5.69 Å². The molecule has 0 unspecified atom stereocenters. The molecule has 0 spiro atoms. The van der Waals surface area contributed by atoms with E-state index < -0.39 is 11.7 Å². The molecule has 124 valence electrons. The standard InChI is InChI=1S/C18H20F3NO/c1-4-17(2,3)12-5-8-14(9-6-12)23-16-10-7-13(22)11-15(16)18(19,20)21/h5-11H,4,22H2,1-3H3. The van der Waals surface area contributed by atoms with Crippen LogP contribution in [0.2, 0.25) is 0 Å². The molecule has 2 rings (SSSR count). The van der Waals surface area contributed by atoms with Crippen molar-refractivity contribution in [2.24, 2.45) is 0 Å². The van der Waals surface area contributed by atoms with Gasteiger partial charge in [0.05, 0.1) is 0 Å². The summed E-state index contributed by atoms with van der Waals surface area (Å²) < 4.78 is 44.6. The maximum absolute atomic E-state index is 13.1. The first kappa shape index (κ1) is 17.2. The Morgan fingerprint density at radius 1 is 1.00 bits per heavy atom. The smallest absolute Gasteiger partial charge is 0.420 e. The minimum Gasteiger partial charge on any atom is -0.457 e. The Labute approximate surface area is 134 Å². The highest BCUT2D eigenvalue weighted by Gasteiger charge is 2.34. The lowest BCUT2D eigenvalue weighted by molar-refractivity contribution is -0.138. The minimum atomic E-state index is -4.52. The lowest BCUT2D eigenvalue weighted by Gasteiger charge is -2.23. The number of benzene rings is 2. The van der Waals surface area contributed by atoms with E-state index in [-0.39, 0.29) is 16.9 Å². The van der Waals surface area contributed by atoms with Crippen molar-refractivity contribution in [2.45, 2.75) is 38.8 Å². The van der Waals surface area contributed by atoms with E-state index in [1.807, 2.05) is 12.1 Å². The van der Waals surface area contributed by atoms with Crippen molar-refractivity contribution in [3.8, 4) is 11.5 Å². The summed E-state index contributed by atoms with van der Waals surface area (Å²) in [5, 5.41) is 0. The fraction of sp³-hybridized carbons (Fsp3) is 0.333. The van der Waals surface area contributed by atoms with Crippen LogP contribution in [0.15, 0.2) is 42.5 Å². The fourth-order valence-electron chi connectivity index (χ4n) is 2.16. The molecule has 2 aromatic carbocycles. The predicted octanol–water partition coefficient (Wildman–Crippen LogP) is 5.77. The van der Waals surface area contributed by atoms with Crippen LogP contribution in [-0.4, -0.2) is 0 Å². The molecule has 2 N–H and O–H groups in total. The van der Waals surface area contributed by atoms with E-state index >= 15 is 0 Å². The van der Waals surface area contributed by atoms with Gasteiger partial charge >= 0.3 is 6.18 Å². The molecule has 0 atom stereocenters. The lowest BCUT2D eigenvalue weighted by Crippen LogP contribution is -2.15. The first-order chi connectivity index (χ1) is 10.6. The third-order valence-electron chi connectivity index (χ3n) is 4.06. The zero-order chi connectivity index (χ0) is 17.3. The van der Waals surface area contributed by atoms with Gasteiger partial charge in [-0.05, 0) is 47.7 Å². The molecule has 23 heavy (non-hydrogen) atoms. The van der Waals surface area contributed by atoms with E-state index in [4.69, 9.17) is 10.5 Å². The van der Waals surface area contributed by atoms with Gasteiger partial charge in [-0.3, -0.25) is 0 Å². The number of hydrogen-bond acceptors (Lipinski definition) is 2. The van der Waals surface area contributed by atoms with Crippen LogP contribution < -0.4 is 10.5 Å². The van der Waals surface area contributed by atoms with Crippen molar-refractivity contribution in [1.82, 2.24) is 0 Å². The molecular weight excluding hydrogens is 303 g/mol. The molecule has 0 amide bonds. The van der Waals surface area contributed by atoms with Crippen molar-refractivity contribution < 1.29 is 17.9 Å². The SMILES string of the molecule is CCC(C)(C)c1ccc(Oc2ccc(N)cc2C(F)(F)F)cc1. The Morgan fingerprint density at radius 2 is 1.61 bits per heavy atom. The van der Waals surface area contributed by atoms with E-state index in [2.05, 4.69) is 20.8 Å². The highest BCUT2D eigenvalue weighted by molar-refractivity contribution is 5.50. The van der Waals surface area contributed by atoms with Gasteiger partial charge in [0.25, 0.3) is 0 Å². The van der Waals surface area contributed by atoms with E-state index in [0.29, 0.717) is 5.75 Å². The van der Waals surface area contributed by atoms with E-state index in [1.54, 1.807) is 12.1 Å². The quantitative estimate of drug-likeness (QED) is 0.725. The zero-order valence-electron chi connectivity index (χ0n) is 13.4. The number of ether oxygens (including phenoxy) is 1. The van der Waals surface area contributed by atoms with E-state index in [0.717, 1.165) is 18.1 Å². The Bertz CT molecular complexity index is 676. The van der Waals surface area contributed by atoms with Crippen LogP contribution in [0.1, 0.15) is 38.3 Å². The summed E-state index contributed by atoms with van der Waals surface area (Å²) in [5.41, 5.74) is 5.73. The second-order valence-electron chi connectivity index (χ2n) is 6.12. The van der Waals surface area contributed by atoms with Gasteiger partial charge < -0.3 is 10.5 Å². The lowest BCUT2D eigenvalue weighted by atomic mass is 9.82. The Hall–Kier alpha value is -2.17. The van der Waals surface area contributed by atoms with Gasteiger partial charge in [0.1, 0.15) is 17.1 Å². The van der Waals surface area contributed by atoms with Gasteiger partial charge in [-0.15, -0.1) is 0 Å². The molecule has 0 saturated heterocycles. The number of rotatable bonds is 4. The number of alkyl halides is 3. The maximum Gasteiger partial charge on any atom is 0.420 e. The Morgan fingerprint density at radius 3 is 2.13 bits per heavy atom. The molecule has 2 aromatic rings. The van der Waals surface area contributed by atoms with E-state index in [1.165, 1.54) is 12.1 Å². The molecule has 0 saturated carbocycles. The minimum absolute atomic E-state index is 0.0108. The highest BCUT2D eigenvalue weighted by atomic mass is 19.4. The van der Waals surface area contributed by atoms with Crippen LogP contribution >= 0.6 is 0 Å². The molecule has 0 fully saturated rings. The van der Waals surface area contributed by atoms with Gasteiger partial charge in [0.2, 0.25) is 0 Å². The monoisotopic (exact) mass is 323 g/mol. The third-order valence-corrected chi connectivity index (χ3v) is 4.06. The van der Waals surface area contributed by atoms with Crippen LogP contribution in [0.3, 0.4) is 0 Å². The van der Waals surface area contributed by atoms with Gasteiger partial charge in [-0.25, -0.2) is 0 Å². The van der Waals surface area contributed by atoms with Crippen LogP contribution in [0.25, 0.3) is 0 Å². The number of hydrogen-bond donors (Lipinski definition) is 1. The van der Waals surface area contributed by atoms with Gasteiger partial charge in [0.15, 0.2) is 0 Å². The predicted molar refractivity (Wildman–Crippen MR) is 85.7 cm³/mol. The van der Waals surface area contributed by atoms with Gasteiger partial charge in [-0.2, -0.15) is 13.2 Å². The summed E-state index contributed by atoms with van der Waals surface area (Å²) in [6.07, 6.45) is -3.56. The normalized spacial score (nSPS) is 12.3. The number of anilines is 1. The molecule has 0 aromatic heterocycles. The maximum atomic E-state index is 13.1. The fourth-order valence-corrected chi connectivity index (χ4v) is 2.16. The largest absolute Gasteiger partial charge is 0.457 e. The van der Waals surface area contributed by atoms with Crippen molar-refractivity contribution in [1.29, 1.82) is 0 Å². The van der Waals surface area contributed by atoms with Crippen molar-refractivity contribution in [3.05, 3.63) is 53.6 Å². The molecule has 0 radical (unpaired) electrons. The summed E-state index contributed by atoms with van der Waals surface area (Å²) in [4.78, 5) is 0. The second-order valence-corrected chi connectivity index (χ2v) is 6.12. The zero-order valence-corrected chi connectivity index (χ0v) is 13.4. The third kappa shape index (κ3) is 3.97. The van der Waals surface area contributed by atoms with Crippen LogP contribution in [-0.2, 0) is 11.6 Å². The molecule has 0 aliphatic rings. The first-order valence-corrected chi connectivity index (χ1v) is 7.38. The van der Waals surface area contributed by atoms with Crippen molar-refractivity contribution in [3.63, 3.8) is 0 Å². The summed E-state index contributed by atoms with van der Waals surface area (Å²) in [7, 11) is 0. The number of nitrogen functional groups attached to an aromatic ring is 1. The average Bonchev–Trinajstić information content (AvgIpc) is 2.48. The summed E-state index contributed by atoms with van der Waals surface area (Å²) in [6.45, 7) is 6.32. The number of nitrogens with two attached hydrogens (primary N) is 1. The van der Waals surface area contributed by atoms with Crippen LogP contribution in [0.5, 0.6) is 11.5 Å². The van der Waals surface area contributed by atoms with Crippen molar-refractivity contribution in [2.75, 3.05) is 5.73 Å². The molecule has 5 heteroatoms. The van der Waals surface area contributed by atoms with Crippen LogP contribution in [0, 0.1) is 0 Å². The van der Waals surface area contributed by atoms with E-state index in [9.17, 15) is 13.2 Å². The topological polar surface area (TPSA) is 35.2 Å². The molecular formula is C18H20F3NO.